The summed E-state index contributed by atoms with van der Waals surface area (Å²) in [5.74, 6) is -0.493. The molecule has 142 valence electrons. The normalized spacial score (nSPS) is 12.3. The number of alkyl halides is 3. The second kappa shape index (κ2) is 6.65. The Balaban J connectivity index is 1.82. The molecule has 0 aliphatic heterocycles. The van der Waals surface area contributed by atoms with Crippen LogP contribution in [0.1, 0.15) is 21.7 Å². The van der Waals surface area contributed by atoms with E-state index in [0.29, 0.717) is 0 Å². The highest BCUT2D eigenvalue weighted by molar-refractivity contribution is 7.90. The molecule has 2 aromatic heterocycles. The summed E-state index contributed by atoms with van der Waals surface area (Å²) in [4.78, 5) is 12.2. The number of hydrogen-bond acceptors (Lipinski definition) is 5. The maximum Gasteiger partial charge on any atom is 0.417 e. The lowest BCUT2D eigenvalue weighted by atomic mass is 10.2. The average molecular weight is 398 g/mol. The molecule has 0 radical (unpaired) electrons. The van der Waals surface area contributed by atoms with E-state index in [0.717, 1.165) is 22.9 Å². The van der Waals surface area contributed by atoms with E-state index in [1.165, 1.54) is 30.3 Å². The van der Waals surface area contributed by atoms with Gasteiger partial charge in [0.1, 0.15) is 0 Å². The molecule has 0 bridgehead atoms. The number of sulfone groups is 1. The van der Waals surface area contributed by atoms with Crippen molar-refractivity contribution in [2.24, 2.45) is 0 Å². The van der Waals surface area contributed by atoms with Crippen molar-refractivity contribution in [3.63, 3.8) is 0 Å². The number of benzene rings is 1. The standard InChI is InChI=1S/C16H13F3N4O3S/c1-27(25,26)12-4-2-3-10(7-12)15(24)20-8-14-22-21-13-6-5-11(9-23(13)14)16(17,18)19/h2-7,9H,8H2,1H3,(H,20,24). The number of amides is 1. The topological polar surface area (TPSA) is 93.4 Å². The Bertz CT molecular complexity index is 1120. The van der Waals surface area contributed by atoms with Gasteiger partial charge in [0.15, 0.2) is 21.3 Å². The highest BCUT2D eigenvalue weighted by Gasteiger charge is 2.31. The zero-order valence-corrected chi connectivity index (χ0v) is 14.7. The predicted molar refractivity (Wildman–Crippen MR) is 88.7 cm³/mol. The summed E-state index contributed by atoms with van der Waals surface area (Å²) in [6, 6.07) is 7.49. The molecule has 27 heavy (non-hydrogen) atoms. The molecule has 0 saturated heterocycles. The van der Waals surface area contributed by atoms with E-state index in [1.807, 2.05) is 0 Å². The minimum atomic E-state index is -4.52. The monoisotopic (exact) mass is 398 g/mol. The molecule has 0 spiro atoms. The van der Waals surface area contributed by atoms with Gasteiger partial charge in [-0.05, 0) is 30.3 Å². The molecule has 7 nitrogen and oxygen atoms in total. The highest BCUT2D eigenvalue weighted by atomic mass is 32.2. The largest absolute Gasteiger partial charge is 0.417 e. The highest BCUT2D eigenvalue weighted by Crippen LogP contribution is 2.29. The van der Waals surface area contributed by atoms with Gasteiger partial charge in [0, 0.05) is 18.0 Å². The fraction of sp³-hybridized carbons (Fsp3) is 0.188. The molecule has 0 saturated carbocycles. The third kappa shape index (κ3) is 4.08. The minimum Gasteiger partial charge on any atom is -0.345 e. The van der Waals surface area contributed by atoms with Crippen LogP contribution in [0, 0.1) is 0 Å². The molecule has 0 aliphatic carbocycles. The number of nitrogens with zero attached hydrogens (tertiary/aromatic N) is 3. The van der Waals surface area contributed by atoms with E-state index in [-0.39, 0.29) is 28.5 Å². The maximum atomic E-state index is 12.9. The number of aromatic nitrogens is 3. The molecular weight excluding hydrogens is 385 g/mol. The Labute approximate surface area is 151 Å². The quantitative estimate of drug-likeness (QED) is 0.726. The number of pyridine rings is 1. The Hall–Kier alpha value is -2.95. The second-order valence-electron chi connectivity index (χ2n) is 5.74. The molecule has 1 aromatic carbocycles. The number of hydrogen-bond donors (Lipinski definition) is 1. The van der Waals surface area contributed by atoms with E-state index < -0.39 is 27.5 Å². The van der Waals surface area contributed by atoms with Crippen LogP contribution in [0.4, 0.5) is 13.2 Å². The Morgan fingerprint density at radius 1 is 1.19 bits per heavy atom. The van der Waals surface area contributed by atoms with Crippen LogP contribution in [0.15, 0.2) is 47.5 Å². The first-order valence-electron chi connectivity index (χ1n) is 7.55. The van der Waals surface area contributed by atoms with Gasteiger partial charge in [-0.3, -0.25) is 9.20 Å². The van der Waals surface area contributed by atoms with Gasteiger partial charge < -0.3 is 5.32 Å². The van der Waals surface area contributed by atoms with Crippen molar-refractivity contribution >= 4 is 21.4 Å². The molecule has 0 aliphatic rings. The summed E-state index contributed by atoms with van der Waals surface area (Å²) in [6.45, 7) is -0.190. The van der Waals surface area contributed by atoms with Crippen LogP contribution in [-0.4, -0.2) is 35.2 Å². The van der Waals surface area contributed by atoms with Crippen LogP contribution < -0.4 is 5.32 Å². The van der Waals surface area contributed by atoms with Crippen molar-refractivity contribution in [2.75, 3.05) is 6.26 Å². The molecule has 0 unspecified atom stereocenters. The van der Waals surface area contributed by atoms with E-state index >= 15 is 0 Å². The summed E-state index contributed by atoms with van der Waals surface area (Å²) in [5, 5.41) is 10.0. The number of fused-ring (bicyclic) bond motifs is 1. The summed E-state index contributed by atoms with van der Waals surface area (Å²) in [7, 11) is -3.48. The van der Waals surface area contributed by atoms with Gasteiger partial charge >= 0.3 is 6.18 Å². The van der Waals surface area contributed by atoms with Gasteiger partial charge in [-0.1, -0.05) is 6.07 Å². The Morgan fingerprint density at radius 2 is 1.93 bits per heavy atom. The third-order valence-corrected chi connectivity index (χ3v) is 4.84. The molecular formula is C16H13F3N4O3S. The SMILES string of the molecule is CS(=O)(=O)c1cccc(C(=O)NCc2nnc3ccc(C(F)(F)F)cn23)c1. The van der Waals surface area contributed by atoms with E-state index in [9.17, 15) is 26.4 Å². The number of carbonyl (C=O) groups excluding carboxylic acids is 1. The van der Waals surface area contributed by atoms with Crippen LogP contribution in [0.25, 0.3) is 5.65 Å². The Kier molecular flexibility index (Phi) is 4.64. The molecule has 11 heteroatoms. The molecule has 0 fully saturated rings. The van der Waals surface area contributed by atoms with Crippen LogP contribution in [0.5, 0.6) is 0 Å². The average Bonchev–Trinajstić information content (AvgIpc) is 3.00. The van der Waals surface area contributed by atoms with Crippen LogP contribution >= 0.6 is 0 Å². The van der Waals surface area contributed by atoms with Gasteiger partial charge in [0.2, 0.25) is 0 Å². The molecule has 2 heterocycles. The van der Waals surface area contributed by atoms with Crippen LogP contribution in [-0.2, 0) is 22.6 Å². The van der Waals surface area contributed by atoms with Crippen LogP contribution in [0.2, 0.25) is 0 Å². The van der Waals surface area contributed by atoms with Gasteiger partial charge in [-0.25, -0.2) is 8.42 Å². The number of rotatable bonds is 4. The zero-order valence-electron chi connectivity index (χ0n) is 13.9. The molecule has 3 rings (SSSR count). The molecule has 1 N–H and O–H groups in total. The first kappa shape index (κ1) is 18.8. The van der Waals surface area contributed by atoms with Gasteiger partial charge in [-0.15, -0.1) is 10.2 Å². The van der Waals surface area contributed by atoms with E-state index in [1.54, 1.807) is 0 Å². The van der Waals surface area contributed by atoms with Gasteiger partial charge in [-0.2, -0.15) is 13.2 Å². The van der Waals surface area contributed by atoms with Gasteiger partial charge in [0.05, 0.1) is 17.0 Å². The molecule has 0 atom stereocenters. The lowest BCUT2D eigenvalue weighted by Gasteiger charge is -2.08. The maximum absolute atomic E-state index is 12.9. The van der Waals surface area contributed by atoms with Crippen molar-refractivity contribution in [1.82, 2.24) is 19.9 Å². The predicted octanol–water partition coefficient (Wildman–Crippen LogP) is 2.08. The number of carbonyl (C=O) groups is 1. The molecule has 3 aromatic rings. The molecule has 1 amide bonds. The third-order valence-electron chi connectivity index (χ3n) is 3.73. The zero-order chi connectivity index (χ0) is 19.8. The fourth-order valence-electron chi connectivity index (χ4n) is 2.36. The second-order valence-corrected chi connectivity index (χ2v) is 7.76. The van der Waals surface area contributed by atoms with Crippen molar-refractivity contribution < 1.29 is 26.4 Å². The minimum absolute atomic E-state index is 0.0158. The number of halogens is 3. The van der Waals surface area contributed by atoms with Crippen molar-refractivity contribution in [1.29, 1.82) is 0 Å². The van der Waals surface area contributed by atoms with Crippen molar-refractivity contribution in [3.05, 3.63) is 59.5 Å². The fourth-order valence-corrected chi connectivity index (χ4v) is 3.02. The van der Waals surface area contributed by atoms with Crippen LogP contribution in [0.3, 0.4) is 0 Å². The summed E-state index contributed by atoms with van der Waals surface area (Å²) >= 11 is 0. The first-order valence-corrected chi connectivity index (χ1v) is 9.44. The lowest BCUT2D eigenvalue weighted by molar-refractivity contribution is -0.137. The van der Waals surface area contributed by atoms with Gasteiger partial charge in [0.25, 0.3) is 5.91 Å². The summed E-state index contributed by atoms with van der Waals surface area (Å²) in [5.41, 5.74) is -0.572. The van der Waals surface area contributed by atoms with E-state index in [2.05, 4.69) is 15.5 Å². The first-order chi connectivity index (χ1) is 12.6. The smallest absolute Gasteiger partial charge is 0.345 e. The van der Waals surface area contributed by atoms with Crippen molar-refractivity contribution in [2.45, 2.75) is 17.6 Å². The Morgan fingerprint density at radius 3 is 2.59 bits per heavy atom. The van der Waals surface area contributed by atoms with E-state index in [4.69, 9.17) is 0 Å². The lowest BCUT2D eigenvalue weighted by Crippen LogP contribution is -2.24. The summed E-state index contributed by atoms with van der Waals surface area (Å²) < 4.78 is 62.8. The number of nitrogens with one attached hydrogen (secondary N) is 1. The van der Waals surface area contributed by atoms with Crippen molar-refractivity contribution in [3.8, 4) is 0 Å². The summed E-state index contributed by atoms with van der Waals surface area (Å²) in [6.07, 6.45) is -2.66.